The van der Waals surface area contributed by atoms with Gasteiger partial charge >= 0.3 is 0 Å². The summed E-state index contributed by atoms with van der Waals surface area (Å²) in [5, 5.41) is 15.6. The fraction of sp³-hybridized carbons (Fsp3) is 0.400. The van der Waals surface area contributed by atoms with Crippen LogP contribution in [0.15, 0.2) is 11.2 Å². The molecule has 0 bridgehead atoms. The Hall–Kier alpha value is -1.63. The molecule has 1 aromatic heterocycles. The van der Waals surface area contributed by atoms with E-state index in [-0.39, 0.29) is 5.96 Å². The topological polar surface area (TPSA) is 101 Å². The van der Waals surface area contributed by atoms with Gasteiger partial charge in [0.1, 0.15) is 0 Å². The third-order valence-electron chi connectivity index (χ3n) is 1.33. The maximum Gasteiger partial charge on any atom is 0.213 e. The van der Waals surface area contributed by atoms with Crippen molar-refractivity contribution in [2.45, 2.75) is 6.54 Å². The van der Waals surface area contributed by atoms with E-state index < -0.39 is 0 Å². The van der Waals surface area contributed by atoms with E-state index in [9.17, 15) is 0 Å². The SMILES string of the molecule is Cn1nncc1CN=C(N)NO. The monoisotopic (exact) mass is 170 g/mol. The number of nitrogens with zero attached hydrogens (tertiary/aromatic N) is 4. The van der Waals surface area contributed by atoms with Crippen molar-refractivity contribution >= 4 is 5.96 Å². The molecule has 0 spiro atoms. The minimum Gasteiger partial charge on any atom is -0.368 e. The second kappa shape index (κ2) is 3.67. The van der Waals surface area contributed by atoms with E-state index in [1.807, 2.05) is 0 Å². The first-order chi connectivity index (χ1) is 5.74. The summed E-state index contributed by atoms with van der Waals surface area (Å²) in [6, 6.07) is 0. The highest BCUT2D eigenvalue weighted by Crippen LogP contribution is 1.94. The fourth-order valence-corrected chi connectivity index (χ4v) is 0.656. The molecule has 0 aromatic carbocycles. The molecule has 0 aliphatic rings. The van der Waals surface area contributed by atoms with E-state index in [1.165, 1.54) is 0 Å². The standard InChI is InChI=1S/C5H10N6O/c1-11-4(3-8-10-11)2-7-5(6)9-12/h3,12H,2H2,1H3,(H3,6,7,9). The number of hydroxylamine groups is 1. The number of hydrogen-bond donors (Lipinski definition) is 3. The second-order valence-corrected chi connectivity index (χ2v) is 2.16. The summed E-state index contributed by atoms with van der Waals surface area (Å²) in [6.45, 7) is 0.336. The zero-order chi connectivity index (χ0) is 8.97. The Bertz CT molecular complexity index is 279. The van der Waals surface area contributed by atoms with Crippen molar-refractivity contribution in [3.05, 3.63) is 11.9 Å². The molecule has 7 heteroatoms. The van der Waals surface area contributed by atoms with Crippen LogP contribution in [0, 0.1) is 0 Å². The zero-order valence-corrected chi connectivity index (χ0v) is 6.60. The van der Waals surface area contributed by atoms with Gasteiger partial charge in [0.05, 0.1) is 18.4 Å². The summed E-state index contributed by atoms with van der Waals surface area (Å²) >= 11 is 0. The Morgan fingerprint density at radius 2 is 2.67 bits per heavy atom. The van der Waals surface area contributed by atoms with Crippen molar-refractivity contribution in [3.63, 3.8) is 0 Å². The van der Waals surface area contributed by atoms with Crippen LogP contribution in [0.4, 0.5) is 0 Å². The van der Waals surface area contributed by atoms with Crippen molar-refractivity contribution in [2.75, 3.05) is 0 Å². The number of aliphatic imine (C=N–C) groups is 1. The van der Waals surface area contributed by atoms with Gasteiger partial charge < -0.3 is 5.73 Å². The molecule has 66 valence electrons. The smallest absolute Gasteiger partial charge is 0.213 e. The molecule has 0 saturated heterocycles. The Morgan fingerprint density at radius 1 is 1.92 bits per heavy atom. The number of aromatic nitrogens is 3. The van der Waals surface area contributed by atoms with Crippen LogP contribution in [0.5, 0.6) is 0 Å². The molecule has 7 nitrogen and oxygen atoms in total. The van der Waals surface area contributed by atoms with Crippen molar-refractivity contribution in [1.29, 1.82) is 0 Å². The summed E-state index contributed by atoms with van der Waals surface area (Å²) < 4.78 is 1.58. The molecule has 1 rings (SSSR count). The highest BCUT2D eigenvalue weighted by molar-refractivity contribution is 5.76. The molecule has 0 aliphatic heterocycles. The lowest BCUT2D eigenvalue weighted by molar-refractivity contribution is 0.232. The highest BCUT2D eigenvalue weighted by Gasteiger charge is 1.97. The zero-order valence-electron chi connectivity index (χ0n) is 6.60. The minimum atomic E-state index is -0.0313. The van der Waals surface area contributed by atoms with Crippen LogP contribution in [-0.2, 0) is 13.6 Å². The van der Waals surface area contributed by atoms with Crippen LogP contribution in [0.1, 0.15) is 5.69 Å². The van der Waals surface area contributed by atoms with Crippen molar-refractivity contribution in [3.8, 4) is 0 Å². The van der Waals surface area contributed by atoms with Crippen LogP contribution in [-0.4, -0.2) is 26.2 Å². The summed E-state index contributed by atoms with van der Waals surface area (Å²) in [7, 11) is 1.75. The highest BCUT2D eigenvalue weighted by atomic mass is 16.5. The van der Waals surface area contributed by atoms with Crippen molar-refractivity contribution in [2.24, 2.45) is 17.8 Å². The van der Waals surface area contributed by atoms with Crippen LogP contribution >= 0.6 is 0 Å². The van der Waals surface area contributed by atoms with Gasteiger partial charge in [0, 0.05) is 7.05 Å². The third kappa shape index (κ3) is 1.92. The predicted octanol–water partition coefficient (Wildman–Crippen LogP) is -1.39. The summed E-state index contributed by atoms with van der Waals surface area (Å²) in [5.74, 6) is -0.0313. The predicted molar refractivity (Wildman–Crippen MR) is 41.3 cm³/mol. The van der Waals surface area contributed by atoms with E-state index in [0.717, 1.165) is 5.69 Å². The lowest BCUT2D eigenvalue weighted by atomic mass is 10.5. The maximum absolute atomic E-state index is 8.29. The van der Waals surface area contributed by atoms with E-state index in [0.29, 0.717) is 6.54 Å². The molecule has 0 atom stereocenters. The van der Waals surface area contributed by atoms with Gasteiger partial charge in [-0.1, -0.05) is 5.21 Å². The van der Waals surface area contributed by atoms with Crippen molar-refractivity contribution < 1.29 is 5.21 Å². The van der Waals surface area contributed by atoms with Gasteiger partial charge in [-0.25, -0.2) is 10.5 Å². The number of rotatable bonds is 2. The summed E-state index contributed by atoms with van der Waals surface area (Å²) in [6.07, 6.45) is 1.58. The Morgan fingerprint density at radius 3 is 3.17 bits per heavy atom. The average Bonchev–Trinajstić information content (AvgIpc) is 2.47. The second-order valence-electron chi connectivity index (χ2n) is 2.16. The molecule has 12 heavy (non-hydrogen) atoms. The van der Waals surface area contributed by atoms with E-state index in [1.54, 1.807) is 23.4 Å². The van der Waals surface area contributed by atoms with Gasteiger partial charge in [0.25, 0.3) is 0 Å². The first kappa shape index (κ1) is 8.47. The molecule has 0 radical (unpaired) electrons. The molecule has 4 N–H and O–H groups in total. The Balaban J connectivity index is 2.59. The maximum atomic E-state index is 8.29. The quantitative estimate of drug-likeness (QED) is 0.288. The number of guanidine groups is 1. The number of aryl methyl sites for hydroxylation is 1. The Labute approximate surface area is 68.9 Å². The van der Waals surface area contributed by atoms with E-state index >= 15 is 0 Å². The number of hydrogen-bond acceptors (Lipinski definition) is 4. The molecule has 0 amide bonds. The van der Waals surface area contributed by atoms with Gasteiger partial charge in [-0.2, -0.15) is 0 Å². The molecular formula is C5H10N6O. The fourth-order valence-electron chi connectivity index (χ4n) is 0.656. The summed E-state index contributed by atoms with van der Waals surface area (Å²) in [4.78, 5) is 3.78. The van der Waals surface area contributed by atoms with Gasteiger partial charge in [0.15, 0.2) is 0 Å². The lowest BCUT2D eigenvalue weighted by Gasteiger charge is -1.97. The molecule has 1 heterocycles. The third-order valence-corrected chi connectivity index (χ3v) is 1.33. The lowest BCUT2D eigenvalue weighted by Crippen LogP contribution is -2.28. The molecular weight excluding hydrogens is 160 g/mol. The van der Waals surface area contributed by atoms with Crippen LogP contribution < -0.4 is 11.2 Å². The molecule has 0 saturated carbocycles. The Kier molecular flexibility index (Phi) is 2.59. The van der Waals surface area contributed by atoms with Gasteiger partial charge in [-0.15, -0.1) is 5.10 Å². The molecule has 0 aliphatic carbocycles. The van der Waals surface area contributed by atoms with Gasteiger partial charge in [-0.3, -0.25) is 9.89 Å². The number of nitrogens with one attached hydrogen (secondary N) is 1. The normalized spacial score (nSPS) is 11.7. The largest absolute Gasteiger partial charge is 0.368 e. The first-order valence-corrected chi connectivity index (χ1v) is 3.27. The van der Waals surface area contributed by atoms with Gasteiger partial charge in [0.2, 0.25) is 5.96 Å². The average molecular weight is 170 g/mol. The van der Waals surface area contributed by atoms with E-state index in [4.69, 9.17) is 10.9 Å². The van der Waals surface area contributed by atoms with Gasteiger partial charge in [-0.05, 0) is 0 Å². The van der Waals surface area contributed by atoms with Crippen molar-refractivity contribution in [1.82, 2.24) is 20.5 Å². The summed E-state index contributed by atoms with van der Waals surface area (Å²) in [5.41, 5.74) is 7.72. The van der Waals surface area contributed by atoms with Crippen LogP contribution in [0.3, 0.4) is 0 Å². The molecule has 1 aromatic rings. The molecule has 0 unspecified atom stereocenters. The van der Waals surface area contributed by atoms with E-state index in [2.05, 4.69) is 15.3 Å². The molecule has 0 fully saturated rings. The number of nitrogens with two attached hydrogens (primary N) is 1. The minimum absolute atomic E-state index is 0.0313. The van der Waals surface area contributed by atoms with Crippen LogP contribution in [0.25, 0.3) is 0 Å². The first-order valence-electron chi connectivity index (χ1n) is 3.27. The van der Waals surface area contributed by atoms with Crippen LogP contribution in [0.2, 0.25) is 0 Å².